The molecule has 0 bridgehead atoms. The maximum Gasteiger partial charge on any atom is 0.105 e. The van der Waals surface area contributed by atoms with Crippen LogP contribution in [0.5, 0.6) is 0 Å². The third-order valence-electron chi connectivity index (χ3n) is 1.45. The molecule has 1 nitrogen and oxygen atoms in total. The summed E-state index contributed by atoms with van der Waals surface area (Å²) in [7, 11) is 0. The van der Waals surface area contributed by atoms with Crippen LogP contribution in [-0.4, -0.2) is 12.2 Å². The summed E-state index contributed by atoms with van der Waals surface area (Å²) in [6.45, 7) is 3.76. The van der Waals surface area contributed by atoms with Gasteiger partial charge >= 0.3 is 0 Å². The molecule has 2 fully saturated rings. The molecule has 2 rings (SSSR count). The highest BCUT2D eigenvalue weighted by atomic mass is 16.6. The monoisotopic (exact) mass is 82.0 g/mol. The van der Waals surface area contributed by atoms with Crippen molar-refractivity contribution in [2.75, 3.05) is 0 Å². The van der Waals surface area contributed by atoms with Gasteiger partial charge in [0.05, 0.1) is 6.10 Å². The molecule has 1 saturated heterocycles. The van der Waals surface area contributed by atoms with Crippen LogP contribution in [0.25, 0.3) is 0 Å². The second kappa shape index (κ2) is 0.562. The predicted octanol–water partition coefficient (Wildman–Crippen LogP) is 0.714. The van der Waals surface area contributed by atoms with Crippen LogP contribution in [0.1, 0.15) is 6.42 Å². The summed E-state index contributed by atoms with van der Waals surface area (Å²) in [5, 5.41) is 0. The summed E-state index contributed by atoms with van der Waals surface area (Å²) in [6.07, 6.45) is 2.24. The van der Waals surface area contributed by atoms with E-state index in [2.05, 4.69) is 6.58 Å². The Labute approximate surface area is 36.6 Å². The van der Waals surface area contributed by atoms with E-state index >= 15 is 0 Å². The summed E-state index contributed by atoms with van der Waals surface area (Å²) in [5.74, 6) is 0. The van der Waals surface area contributed by atoms with E-state index in [0.29, 0.717) is 12.2 Å². The first kappa shape index (κ1) is 2.80. The Morgan fingerprint density at radius 3 is 2.67 bits per heavy atom. The normalized spacial score (nSPS) is 50.3. The number of fused-ring (bicyclic) bond motifs is 1. The van der Waals surface area contributed by atoms with Crippen LogP contribution in [-0.2, 0) is 4.74 Å². The van der Waals surface area contributed by atoms with Gasteiger partial charge in [0.15, 0.2) is 0 Å². The first-order valence-electron chi connectivity index (χ1n) is 2.21. The minimum atomic E-state index is 0.505. The Morgan fingerprint density at radius 1 is 1.83 bits per heavy atom. The Bertz CT molecular complexity index is 107. The van der Waals surface area contributed by atoms with Crippen LogP contribution < -0.4 is 0 Å². The number of hydrogen-bond donors (Lipinski definition) is 0. The molecule has 0 amide bonds. The maximum absolute atomic E-state index is 5.04. The van der Waals surface area contributed by atoms with Gasteiger partial charge in [0, 0.05) is 0 Å². The molecule has 0 radical (unpaired) electrons. The van der Waals surface area contributed by atoms with E-state index in [4.69, 9.17) is 4.74 Å². The van der Waals surface area contributed by atoms with Crippen molar-refractivity contribution in [3.05, 3.63) is 12.2 Å². The lowest BCUT2D eigenvalue weighted by molar-refractivity contribution is 0.420. The molecule has 6 heavy (non-hydrogen) atoms. The first-order valence-corrected chi connectivity index (χ1v) is 2.21. The summed E-state index contributed by atoms with van der Waals surface area (Å²) < 4.78 is 5.04. The number of hydrogen-bond acceptors (Lipinski definition) is 1. The van der Waals surface area contributed by atoms with Crippen molar-refractivity contribution >= 4 is 0 Å². The van der Waals surface area contributed by atoms with Gasteiger partial charge in [-0.2, -0.15) is 0 Å². The second-order valence-corrected chi connectivity index (χ2v) is 1.96. The molecule has 0 spiro atoms. The van der Waals surface area contributed by atoms with Crippen molar-refractivity contribution < 1.29 is 4.74 Å². The fourth-order valence-corrected chi connectivity index (χ4v) is 0.871. The molecule has 0 aromatic rings. The molecule has 1 aliphatic heterocycles. The molecule has 0 aromatic carbocycles. The molecule has 2 atom stereocenters. The van der Waals surface area contributed by atoms with Gasteiger partial charge in [0.2, 0.25) is 0 Å². The zero-order chi connectivity index (χ0) is 4.15. The maximum atomic E-state index is 5.04. The van der Waals surface area contributed by atoms with E-state index in [1.54, 1.807) is 0 Å². The largest absolute Gasteiger partial charge is 0.365 e. The second-order valence-electron chi connectivity index (χ2n) is 1.96. The average Bonchev–Trinajstić information content (AvgIpc) is 2.12. The zero-order valence-electron chi connectivity index (χ0n) is 3.48. The number of ether oxygens (including phenoxy) is 1. The van der Waals surface area contributed by atoms with Crippen molar-refractivity contribution in [2.45, 2.75) is 18.6 Å². The molecule has 32 valence electrons. The van der Waals surface area contributed by atoms with Gasteiger partial charge < -0.3 is 4.74 Å². The van der Waals surface area contributed by atoms with Crippen LogP contribution >= 0.6 is 0 Å². The van der Waals surface area contributed by atoms with Gasteiger partial charge in [-0.25, -0.2) is 0 Å². The third-order valence-corrected chi connectivity index (χ3v) is 1.45. The minimum absolute atomic E-state index is 0.505. The van der Waals surface area contributed by atoms with E-state index in [0.717, 1.165) is 6.42 Å². The van der Waals surface area contributed by atoms with Gasteiger partial charge in [-0.15, -0.1) is 0 Å². The summed E-state index contributed by atoms with van der Waals surface area (Å²) in [5.41, 5.74) is 1.29. The molecule has 2 aliphatic rings. The lowest BCUT2D eigenvalue weighted by Gasteiger charge is -2.04. The van der Waals surface area contributed by atoms with Gasteiger partial charge in [-0.1, -0.05) is 6.58 Å². The Hall–Kier alpha value is -0.300. The fourth-order valence-electron chi connectivity index (χ4n) is 0.871. The van der Waals surface area contributed by atoms with E-state index in [9.17, 15) is 0 Å². The van der Waals surface area contributed by atoms with Crippen LogP contribution in [0.15, 0.2) is 12.2 Å². The van der Waals surface area contributed by atoms with Gasteiger partial charge in [-0.05, 0) is 12.0 Å². The fraction of sp³-hybridized carbons (Fsp3) is 0.600. The van der Waals surface area contributed by atoms with Gasteiger partial charge in [0.1, 0.15) is 6.10 Å². The van der Waals surface area contributed by atoms with Crippen molar-refractivity contribution in [3.63, 3.8) is 0 Å². The lowest BCUT2D eigenvalue weighted by Crippen LogP contribution is -2.09. The highest BCUT2D eigenvalue weighted by Crippen LogP contribution is 2.44. The number of rotatable bonds is 0. The van der Waals surface area contributed by atoms with E-state index in [1.807, 2.05) is 0 Å². The van der Waals surface area contributed by atoms with Crippen molar-refractivity contribution in [1.29, 1.82) is 0 Å². The molecule has 1 unspecified atom stereocenters. The zero-order valence-corrected chi connectivity index (χ0v) is 3.48. The van der Waals surface area contributed by atoms with Crippen LogP contribution in [0.2, 0.25) is 0 Å². The van der Waals surface area contributed by atoms with Crippen molar-refractivity contribution in [2.24, 2.45) is 0 Å². The minimum Gasteiger partial charge on any atom is -0.365 e. The standard InChI is InChI=1S/C5H6O/c1-3-2-4-5(3)6-4/h4-5H,1-2H2/t4?,5-/m1/s1. The molecule has 1 heteroatoms. The Morgan fingerprint density at radius 2 is 2.67 bits per heavy atom. The van der Waals surface area contributed by atoms with E-state index in [-0.39, 0.29) is 0 Å². The van der Waals surface area contributed by atoms with Crippen molar-refractivity contribution in [1.82, 2.24) is 0 Å². The molecule has 1 aliphatic carbocycles. The quantitative estimate of drug-likeness (QED) is 0.310. The molecule has 0 N–H and O–H groups in total. The summed E-state index contributed by atoms with van der Waals surface area (Å²) in [4.78, 5) is 0. The van der Waals surface area contributed by atoms with Gasteiger partial charge in [-0.3, -0.25) is 0 Å². The van der Waals surface area contributed by atoms with Crippen LogP contribution in [0.3, 0.4) is 0 Å². The highest BCUT2D eigenvalue weighted by molar-refractivity contribution is 5.26. The van der Waals surface area contributed by atoms with Crippen LogP contribution in [0, 0.1) is 0 Å². The Balaban J connectivity index is 2.26. The smallest absolute Gasteiger partial charge is 0.105 e. The first-order chi connectivity index (χ1) is 2.88. The number of epoxide rings is 1. The predicted molar refractivity (Wildman–Crippen MR) is 22.4 cm³/mol. The molecular weight excluding hydrogens is 76.1 g/mol. The molecule has 0 aromatic heterocycles. The SMILES string of the molecule is C=C1CC2O[C@H]12. The topological polar surface area (TPSA) is 12.5 Å². The highest BCUT2D eigenvalue weighted by Gasteiger charge is 2.50. The Kier molecular flexibility index (Phi) is 0.263. The third kappa shape index (κ3) is 0.144. The summed E-state index contributed by atoms with van der Waals surface area (Å²) in [6, 6.07) is 0. The lowest BCUT2D eigenvalue weighted by atomic mass is 9.95. The summed E-state index contributed by atoms with van der Waals surface area (Å²) >= 11 is 0. The van der Waals surface area contributed by atoms with Gasteiger partial charge in [0.25, 0.3) is 0 Å². The average molecular weight is 82.1 g/mol. The molecule has 1 saturated carbocycles. The van der Waals surface area contributed by atoms with Crippen molar-refractivity contribution in [3.8, 4) is 0 Å². The molecule has 1 heterocycles. The van der Waals surface area contributed by atoms with E-state index < -0.39 is 0 Å². The molecular formula is C5H6O. The van der Waals surface area contributed by atoms with E-state index in [1.165, 1.54) is 5.57 Å². The van der Waals surface area contributed by atoms with Crippen LogP contribution in [0.4, 0.5) is 0 Å².